The molecule has 0 aromatic carbocycles. The van der Waals surface area contributed by atoms with Gasteiger partial charge in [0.1, 0.15) is 6.20 Å². The summed E-state index contributed by atoms with van der Waals surface area (Å²) in [5.74, 6) is 0.502. The van der Waals surface area contributed by atoms with E-state index >= 15 is 0 Å². The molecule has 16 heavy (non-hydrogen) atoms. The van der Waals surface area contributed by atoms with Crippen molar-refractivity contribution >= 4 is 16.6 Å². The second-order valence-corrected chi connectivity index (χ2v) is 14.4. The van der Waals surface area contributed by atoms with Gasteiger partial charge in [-0.05, 0) is 39.3 Å². The lowest BCUT2D eigenvalue weighted by molar-refractivity contribution is 0.463. The Morgan fingerprint density at radius 1 is 0.938 bits per heavy atom. The van der Waals surface area contributed by atoms with Crippen molar-refractivity contribution in [3.63, 3.8) is 0 Å². The average Bonchev–Trinajstić information content (AvgIpc) is 1.96. The summed E-state index contributed by atoms with van der Waals surface area (Å²) in [6, 6.07) is 0.315. The van der Waals surface area contributed by atoms with Crippen LogP contribution in [0.4, 0.5) is 0 Å². The largest absolute Gasteiger partial charge is 0.530 e. The van der Waals surface area contributed by atoms with Crippen molar-refractivity contribution in [3.05, 3.63) is 6.20 Å². The highest BCUT2D eigenvalue weighted by molar-refractivity contribution is 6.70. The zero-order valence-electron chi connectivity index (χ0n) is 10.7. The molecule has 90 valence electrons. The Bertz CT molecular complexity index is 329. The van der Waals surface area contributed by atoms with Crippen LogP contribution < -0.4 is 8.85 Å². The molecule has 5 nitrogen and oxygen atoms in total. The maximum Gasteiger partial charge on any atom is 0.325 e. The van der Waals surface area contributed by atoms with Crippen LogP contribution in [0.5, 0.6) is 11.9 Å². The molecule has 0 aliphatic heterocycles. The molecule has 0 spiro atoms. The Balaban J connectivity index is 2.79. The standard InChI is InChI=1S/C9H19N3O2Si2/c1-15(2,3)13-8-7-10-12-9(11-8)14-16(4,5)6/h7H,1-6H3. The van der Waals surface area contributed by atoms with Crippen molar-refractivity contribution in [3.8, 4) is 11.9 Å². The van der Waals surface area contributed by atoms with Crippen LogP contribution in [0, 0.1) is 0 Å². The second-order valence-electron chi connectivity index (χ2n) is 5.51. The van der Waals surface area contributed by atoms with Gasteiger partial charge in [0.15, 0.2) is 0 Å². The van der Waals surface area contributed by atoms with Crippen molar-refractivity contribution in [2.45, 2.75) is 39.3 Å². The van der Waals surface area contributed by atoms with E-state index in [0.717, 1.165) is 0 Å². The Hall–Kier alpha value is -0.956. The third-order valence-corrected chi connectivity index (χ3v) is 2.94. The lowest BCUT2D eigenvalue weighted by Gasteiger charge is -2.19. The highest BCUT2D eigenvalue weighted by Crippen LogP contribution is 2.15. The van der Waals surface area contributed by atoms with E-state index in [1.165, 1.54) is 6.20 Å². The number of hydrogen-bond acceptors (Lipinski definition) is 5. The molecule has 0 N–H and O–H groups in total. The van der Waals surface area contributed by atoms with Gasteiger partial charge in [-0.3, -0.25) is 0 Å². The van der Waals surface area contributed by atoms with Crippen LogP contribution in [0.1, 0.15) is 0 Å². The van der Waals surface area contributed by atoms with E-state index < -0.39 is 16.6 Å². The summed E-state index contributed by atoms with van der Waals surface area (Å²) in [4.78, 5) is 4.19. The van der Waals surface area contributed by atoms with Crippen molar-refractivity contribution < 1.29 is 8.85 Å². The minimum atomic E-state index is -1.69. The minimum absolute atomic E-state index is 0.315. The molecule has 0 bridgehead atoms. The van der Waals surface area contributed by atoms with E-state index in [2.05, 4.69) is 54.5 Å². The molecule has 7 heteroatoms. The fourth-order valence-corrected chi connectivity index (χ4v) is 2.31. The lowest BCUT2D eigenvalue weighted by atomic mass is 10.8. The highest BCUT2D eigenvalue weighted by atomic mass is 28.4. The molecule has 0 aliphatic carbocycles. The van der Waals surface area contributed by atoms with Gasteiger partial charge in [-0.25, -0.2) is 0 Å². The predicted molar refractivity (Wildman–Crippen MR) is 67.8 cm³/mol. The van der Waals surface area contributed by atoms with E-state index in [9.17, 15) is 0 Å². The number of hydrogen-bond donors (Lipinski definition) is 0. The molecule has 0 aliphatic rings. The smallest absolute Gasteiger partial charge is 0.325 e. The van der Waals surface area contributed by atoms with Gasteiger partial charge in [0.25, 0.3) is 0 Å². The molecule has 0 saturated heterocycles. The van der Waals surface area contributed by atoms with Crippen molar-refractivity contribution in [2.75, 3.05) is 0 Å². The first-order valence-corrected chi connectivity index (χ1v) is 12.1. The van der Waals surface area contributed by atoms with Crippen LogP contribution in [-0.4, -0.2) is 31.8 Å². The maximum absolute atomic E-state index is 5.72. The number of aromatic nitrogens is 3. The fraction of sp³-hybridized carbons (Fsp3) is 0.667. The molecule has 0 unspecified atom stereocenters. The Kier molecular flexibility index (Phi) is 3.69. The van der Waals surface area contributed by atoms with Gasteiger partial charge >= 0.3 is 6.01 Å². The van der Waals surface area contributed by atoms with Crippen molar-refractivity contribution in [1.82, 2.24) is 15.2 Å². The summed E-state index contributed by atoms with van der Waals surface area (Å²) in [6.45, 7) is 12.5. The third kappa shape index (κ3) is 5.22. The molecule has 1 aromatic heterocycles. The molecule has 0 saturated carbocycles. The maximum atomic E-state index is 5.72. The first-order chi connectivity index (χ1) is 7.16. The highest BCUT2D eigenvalue weighted by Gasteiger charge is 2.21. The van der Waals surface area contributed by atoms with E-state index in [1.54, 1.807) is 0 Å². The Morgan fingerprint density at radius 2 is 1.50 bits per heavy atom. The normalized spacial score (nSPS) is 12.4. The summed E-state index contributed by atoms with van der Waals surface area (Å²) in [5.41, 5.74) is 0. The van der Waals surface area contributed by atoms with Gasteiger partial charge in [0.2, 0.25) is 22.5 Å². The molecule has 0 fully saturated rings. The molecule has 1 heterocycles. The third-order valence-electron chi connectivity index (χ3n) is 1.33. The van der Waals surface area contributed by atoms with E-state index in [0.29, 0.717) is 11.9 Å². The SMILES string of the molecule is C[Si](C)(C)Oc1cnnc(O[Si](C)(C)C)n1. The molecular weight excluding hydrogens is 238 g/mol. The molecule has 0 atom stereocenters. The van der Waals surface area contributed by atoms with Crippen molar-refractivity contribution in [1.29, 1.82) is 0 Å². The monoisotopic (exact) mass is 257 g/mol. The van der Waals surface area contributed by atoms with E-state index in [4.69, 9.17) is 8.85 Å². The Morgan fingerprint density at radius 3 is 2.00 bits per heavy atom. The average molecular weight is 257 g/mol. The van der Waals surface area contributed by atoms with E-state index in [-0.39, 0.29) is 0 Å². The minimum Gasteiger partial charge on any atom is -0.530 e. The van der Waals surface area contributed by atoms with Crippen LogP contribution >= 0.6 is 0 Å². The van der Waals surface area contributed by atoms with Gasteiger partial charge < -0.3 is 8.85 Å². The quantitative estimate of drug-likeness (QED) is 0.775. The molecular formula is C9H19N3O2Si2. The van der Waals surface area contributed by atoms with Gasteiger partial charge in [-0.2, -0.15) is 4.98 Å². The van der Waals surface area contributed by atoms with Crippen LogP contribution in [0.2, 0.25) is 39.3 Å². The molecule has 1 aromatic rings. The summed E-state index contributed by atoms with van der Waals surface area (Å²) < 4.78 is 11.4. The molecule has 0 radical (unpaired) electrons. The zero-order valence-corrected chi connectivity index (χ0v) is 12.7. The summed E-state index contributed by atoms with van der Waals surface area (Å²) in [7, 11) is -3.34. The number of nitrogens with zero attached hydrogens (tertiary/aromatic N) is 3. The molecule has 0 amide bonds. The number of rotatable bonds is 4. The summed E-state index contributed by atoms with van der Waals surface area (Å²) in [5, 5.41) is 7.68. The summed E-state index contributed by atoms with van der Waals surface area (Å²) >= 11 is 0. The van der Waals surface area contributed by atoms with Crippen LogP contribution in [0.15, 0.2) is 6.20 Å². The van der Waals surface area contributed by atoms with Crippen LogP contribution in [0.25, 0.3) is 0 Å². The van der Waals surface area contributed by atoms with Gasteiger partial charge in [-0.15, -0.1) is 5.10 Å². The predicted octanol–water partition coefficient (Wildman–Crippen LogP) is 2.30. The summed E-state index contributed by atoms with van der Waals surface area (Å²) in [6.07, 6.45) is 1.52. The van der Waals surface area contributed by atoms with E-state index in [1.807, 2.05) is 0 Å². The first-order valence-electron chi connectivity index (χ1n) is 5.23. The molecule has 1 rings (SSSR count). The fourth-order valence-electron chi connectivity index (χ4n) is 0.953. The van der Waals surface area contributed by atoms with Gasteiger partial charge in [-0.1, -0.05) is 5.10 Å². The lowest BCUT2D eigenvalue weighted by Crippen LogP contribution is -2.32. The zero-order chi connectivity index (χ0) is 12.4. The van der Waals surface area contributed by atoms with Crippen LogP contribution in [-0.2, 0) is 0 Å². The second kappa shape index (κ2) is 4.50. The van der Waals surface area contributed by atoms with Crippen LogP contribution in [0.3, 0.4) is 0 Å². The Labute approximate surface area is 98.5 Å². The topological polar surface area (TPSA) is 57.1 Å². The van der Waals surface area contributed by atoms with Crippen molar-refractivity contribution in [2.24, 2.45) is 0 Å². The van der Waals surface area contributed by atoms with Gasteiger partial charge in [0.05, 0.1) is 0 Å². The first kappa shape index (κ1) is 13.1. The van der Waals surface area contributed by atoms with Gasteiger partial charge in [0, 0.05) is 0 Å².